The van der Waals surface area contributed by atoms with Crippen molar-refractivity contribution in [1.82, 2.24) is 16.0 Å². The molecule has 0 aromatic heterocycles. The van der Waals surface area contributed by atoms with Crippen molar-refractivity contribution in [2.75, 3.05) is 19.6 Å². The van der Waals surface area contributed by atoms with Gasteiger partial charge in [-0.3, -0.25) is 14.4 Å². The third-order valence-corrected chi connectivity index (χ3v) is 12.5. The summed E-state index contributed by atoms with van der Waals surface area (Å²) in [5.41, 5.74) is 6.46. The van der Waals surface area contributed by atoms with Crippen LogP contribution in [0.2, 0.25) is 0 Å². The molecule has 69 heavy (non-hydrogen) atoms. The Morgan fingerprint density at radius 3 is 1.00 bits per heavy atom. The number of unbranched alkanes of at least 4 members (excludes halogenated alkanes) is 7. The quantitative estimate of drug-likeness (QED) is 0.0433. The van der Waals surface area contributed by atoms with Crippen molar-refractivity contribution in [2.24, 2.45) is 23.7 Å². The van der Waals surface area contributed by atoms with Crippen LogP contribution in [0.4, 0.5) is 0 Å². The van der Waals surface area contributed by atoms with E-state index in [2.05, 4.69) is 99.9 Å². The second kappa shape index (κ2) is 31.9. The van der Waals surface area contributed by atoms with Gasteiger partial charge in [-0.25, -0.2) is 0 Å². The van der Waals surface area contributed by atoms with Crippen molar-refractivity contribution >= 4 is 17.7 Å². The van der Waals surface area contributed by atoms with Gasteiger partial charge in [-0.2, -0.15) is 0 Å². The number of amides is 3. The van der Waals surface area contributed by atoms with Crippen LogP contribution >= 0.6 is 0 Å². The lowest BCUT2D eigenvalue weighted by molar-refractivity contribution is 0.0943. The molecule has 6 nitrogen and oxygen atoms in total. The summed E-state index contributed by atoms with van der Waals surface area (Å²) in [5, 5.41) is 9.22. The monoisotopic (exact) mass is 928 g/mol. The molecule has 4 aromatic carbocycles. The standard InChI is InChI=1S/C63H81N3O3/c1-8-9-10-11-12-13-14-15-42-64-61(67)58-34-28-52(29-35-58)22-25-55-45-56(26-23-53-30-36-59(37-31-53)62(68)65-43-40-50(6)20-16-18-48(2)3)47-57(46-55)27-24-54-32-38-60(39-33-54)63(69)66-44-41-51(7)21-17-19-49(4)5/h28-39,45-51H,8-21,40-44H2,1-7H3,(H,64,67)(H,65,68)(H,66,69)/t50-,51-/m0/s1. The van der Waals surface area contributed by atoms with Crippen LogP contribution < -0.4 is 16.0 Å². The molecule has 3 N–H and O–H groups in total. The van der Waals surface area contributed by atoms with Crippen LogP contribution in [-0.4, -0.2) is 37.4 Å². The molecule has 0 radical (unpaired) electrons. The largest absolute Gasteiger partial charge is 0.352 e. The zero-order valence-corrected chi connectivity index (χ0v) is 43.1. The first-order chi connectivity index (χ1) is 33.4. The molecule has 0 aliphatic rings. The number of rotatable bonds is 26. The van der Waals surface area contributed by atoms with E-state index in [9.17, 15) is 14.4 Å². The Morgan fingerprint density at radius 1 is 0.362 bits per heavy atom. The summed E-state index contributed by atoms with van der Waals surface area (Å²) in [5.74, 6) is 22.1. The highest BCUT2D eigenvalue weighted by molar-refractivity contribution is 5.95. The van der Waals surface area contributed by atoms with E-state index in [1.165, 1.54) is 77.0 Å². The molecule has 6 heteroatoms. The fourth-order valence-electron chi connectivity index (χ4n) is 8.06. The van der Waals surface area contributed by atoms with Crippen LogP contribution in [0.1, 0.15) is 216 Å². The molecule has 0 heterocycles. The van der Waals surface area contributed by atoms with Gasteiger partial charge in [0.1, 0.15) is 0 Å². The van der Waals surface area contributed by atoms with Gasteiger partial charge >= 0.3 is 0 Å². The highest BCUT2D eigenvalue weighted by atomic mass is 16.2. The fourth-order valence-corrected chi connectivity index (χ4v) is 8.06. The van der Waals surface area contributed by atoms with Gasteiger partial charge in [0, 0.05) is 69.7 Å². The van der Waals surface area contributed by atoms with Gasteiger partial charge in [0.2, 0.25) is 0 Å². The molecule has 0 aliphatic carbocycles. The van der Waals surface area contributed by atoms with E-state index in [1.807, 2.05) is 91.0 Å². The Labute approximate surface area is 417 Å². The number of nitrogens with one attached hydrogen (secondary N) is 3. The van der Waals surface area contributed by atoms with E-state index < -0.39 is 0 Å². The molecule has 2 atom stereocenters. The second-order valence-electron chi connectivity index (χ2n) is 20.0. The van der Waals surface area contributed by atoms with Gasteiger partial charge in [0.15, 0.2) is 0 Å². The molecule has 4 rings (SSSR count). The predicted molar refractivity (Wildman–Crippen MR) is 288 cm³/mol. The first kappa shape index (κ1) is 55.6. The van der Waals surface area contributed by atoms with E-state index in [1.54, 1.807) is 0 Å². The van der Waals surface area contributed by atoms with E-state index >= 15 is 0 Å². The molecule has 0 spiro atoms. The van der Waals surface area contributed by atoms with Crippen molar-refractivity contribution in [3.05, 3.63) is 141 Å². The molecule has 0 unspecified atom stereocenters. The topological polar surface area (TPSA) is 87.3 Å². The summed E-state index contributed by atoms with van der Waals surface area (Å²) in [6, 6.07) is 28.0. The third-order valence-electron chi connectivity index (χ3n) is 12.5. The SMILES string of the molecule is CCCCCCCCCCNC(=O)c1ccc(C#Cc2cc(C#Cc3ccc(C(=O)NCC[C@@H](C)CCCC(C)C)cc3)cc(C#Cc3ccc(C(=O)NCC[C@@H](C)CCCC(C)C)cc3)c2)cc1. The molecule has 4 aromatic rings. The number of carbonyl (C=O) groups excluding carboxylic acids is 3. The number of benzene rings is 4. The van der Waals surface area contributed by atoms with Gasteiger partial charge in [-0.05, 0) is 134 Å². The van der Waals surface area contributed by atoms with E-state index in [4.69, 9.17) is 0 Å². The zero-order valence-electron chi connectivity index (χ0n) is 43.1. The Morgan fingerprint density at radius 2 is 0.667 bits per heavy atom. The van der Waals surface area contributed by atoms with Gasteiger partial charge in [-0.1, -0.05) is 167 Å². The molecule has 0 fully saturated rings. The minimum absolute atomic E-state index is 0.0661. The summed E-state index contributed by atoms with van der Waals surface area (Å²) in [7, 11) is 0. The number of hydrogen-bond acceptors (Lipinski definition) is 3. The molecular formula is C63H81N3O3. The summed E-state index contributed by atoms with van der Waals surface area (Å²) >= 11 is 0. The molecule has 3 amide bonds. The predicted octanol–water partition coefficient (Wildman–Crippen LogP) is 13.9. The van der Waals surface area contributed by atoms with E-state index in [0.717, 1.165) is 70.9 Å². The lowest BCUT2D eigenvalue weighted by atomic mass is 9.97. The van der Waals surface area contributed by atoms with Crippen molar-refractivity contribution in [2.45, 2.75) is 151 Å². The van der Waals surface area contributed by atoms with Crippen LogP contribution in [-0.2, 0) is 0 Å². The first-order valence-electron chi connectivity index (χ1n) is 26.2. The minimum atomic E-state index is -0.0730. The molecular weight excluding hydrogens is 847 g/mol. The third kappa shape index (κ3) is 23.2. The highest BCUT2D eigenvalue weighted by Gasteiger charge is 2.10. The number of hydrogen-bond donors (Lipinski definition) is 3. The minimum Gasteiger partial charge on any atom is -0.352 e. The Balaban J connectivity index is 1.43. The van der Waals surface area contributed by atoms with Crippen LogP contribution in [0, 0.1) is 59.2 Å². The average molecular weight is 928 g/mol. The first-order valence-corrected chi connectivity index (χ1v) is 26.2. The maximum atomic E-state index is 12.9. The van der Waals surface area contributed by atoms with Crippen molar-refractivity contribution in [1.29, 1.82) is 0 Å². The average Bonchev–Trinajstić information content (AvgIpc) is 3.34. The Hall–Kier alpha value is -6.03. The number of carbonyl (C=O) groups is 3. The summed E-state index contributed by atoms with van der Waals surface area (Å²) in [6.45, 7) is 17.8. The maximum Gasteiger partial charge on any atom is 0.251 e. The van der Waals surface area contributed by atoms with Gasteiger partial charge in [0.05, 0.1) is 0 Å². The van der Waals surface area contributed by atoms with E-state index in [-0.39, 0.29) is 17.7 Å². The van der Waals surface area contributed by atoms with Crippen molar-refractivity contribution in [3.8, 4) is 35.5 Å². The Kier molecular flexibility index (Phi) is 25.7. The summed E-state index contributed by atoms with van der Waals surface area (Å²) < 4.78 is 0. The van der Waals surface area contributed by atoms with Crippen molar-refractivity contribution in [3.63, 3.8) is 0 Å². The Bertz CT molecular complexity index is 2240. The lowest BCUT2D eigenvalue weighted by Gasteiger charge is -2.13. The lowest BCUT2D eigenvalue weighted by Crippen LogP contribution is -2.25. The summed E-state index contributed by atoms with van der Waals surface area (Å²) in [4.78, 5) is 38.6. The molecule has 366 valence electrons. The maximum absolute atomic E-state index is 12.9. The van der Waals surface area contributed by atoms with Gasteiger partial charge < -0.3 is 16.0 Å². The second-order valence-corrected chi connectivity index (χ2v) is 20.0. The molecule has 0 bridgehead atoms. The van der Waals surface area contributed by atoms with Crippen molar-refractivity contribution < 1.29 is 14.4 Å². The molecule has 0 saturated heterocycles. The van der Waals surface area contributed by atoms with Crippen LogP contribution in [0.3, 0.4) is 0 Å². The zero-order chi connectivity index (χ0) is 49.6. The van der Waals surface area contributed by atoms with Crippen LogP contribution in [0.25, 0.3) is 0 Å². The molecule has 0 saturated carbocycles. The van der Waals surface area contributed by atoms with Crippen LogP contribution in [0.5, 0.6) is 0 Å². The smallest absolute Gasteiger partial charge is 0.251 e. The fraction of sp³-hybridized carbons (Fsp3) is 0.476. The van der Waals surface area contributed by atoms with Gasteiger partial charge in [0.25, 0.3) is 17.7 Å². The van der Waals surface area contributed by atoms with Crippen LogP contribution in [0.15, 0.2) is 91.0 Å². The highest BCUT2D eigenvalue weighted by Crippen LogP contribution is 2.17. The normalized spacial score (nSPS) is 11.6. The molecule has 0 aliphatic heterocycles. The van der Waals surface area contributed by atoms with E-state index in [0.29, 0.717) is 48.2 Å². The summed E-state index contributed by atoms with van der Waals surface area (Å²) in [6.07, 6.45) is 19.1. The van der Waals surface area contributed by atoms with Gasteiger partial charge in [-0.15, -0.1) is 0 Å².